The summed E-state index contributed by atoms with van der Waals surface area (Å²) in [6.45, 7) is 10.4. The van der Waals surface area contributed by atoms with Gasteiger partial charge in [-0.3, -0.25) is 9.69 Å². The van der Waals surface area contributed by atoms with Crippen LogP contribution in [0.3, 0.4) is 0 Å². The maximum absolute atomic E-state index is 13.3. The second-order valence-corrected chi connectivity index (χ2v) is 8.29. The molecule has 0 aliphatic heterocycles. The molecule has 34 heavy (non-hydrogen) atoms. The summed E-state index contributed by atoms with van der Waals surface area (Å²) >= 11 is 0. The highest BCUT2D eigenvalue weighted by Crippen LogP contribution is 2.32. The highest BCUT2D eigenvalue weighted by molar-refractivity contribution is 5.89. The lowest BCUT2D eigenvalue weighted by Gasteiger charge is -2.22. The number of phenolic OH excluding ortho intramolecular Hbond substituents is 1. The van der Waals surface area contributed by atoms with Gasteiger partial charge in [0.1, 0.15) is 22.8 Å². The molecule has 0 bridgehead atoms. The molecule has 3 aromatic rings. The van der Waals surface area contributed by atoms with Crippen LogP contribution in [0.25, 0.3) is 11.0 Å². The number of carbonyl (C=O) groups excluding carboxylic acids is 1. The van der Waals surface area contributed by atoms with E-state index in [1.165, 1.54) is 6.07 Å². The van der Waals surface area contributed by atoms with Crippen molar-refractivity contribution in [1.82, 2.24) is 4.90 Å². The highest BCUT2D eigenvalue weighted by Gasteiger charge is 2.20. The Morgan fingerprint density at radius 3 is 2.29 bits per heavy atom. The number of rotatable bonds is 11. The van der Waals surface area contributed by atoms with Gasteiger partial charge in [0.2, 0.25) is 11.2 Å². The summed E-state index contributed by atoms with van der Waals surface area (Å²) in [7, 11) is 0. The van der Waals surface area contributed by atoms with E-state index in [4.69, 9.17) is 13.9 Å². The van der Waals surface area contributed by atoms with Gasteiger partial charge in [0.15, 0.2) is 0 Å². The lowest BCUT2D eigenvalue weighted by molar-refractivity contribution is 0.0505. The zero-order valence-corrected chi connectivity index (χ0v) is 20.3. The Hall–Kier alpha value is -3.32. The van der Waals surface area contributed by atoms with Gasteiger partial charge in [-0.15, -0.1) is 0 Å². The van der Waals surface area contributed by atoms with Crippen molar-refractivity contribution in [3.05, 3.63) is 63.5 Å². The number of carbonyl (C=O) groups is 1. The Balaban J connectivity index is 1.93. The predicted octanol–water partition coefficient (Wildman–Crippen LogP) is 5.79. The molecule has 182 valence electrons. The molecule has 0 unspecified atom stereocenters. The van der Waals surface area contributed by atoms with E-state index in [1.54, 1.807) is 37.3 Å². The van der Waals surface area contributed by atoms with Crippen LogP contribution in [0.15, 0.2) is 45.6 Å². The summed E-state index contributed by atoms with van der Waals surface area (Å²) in [6.07, 6.45) is 2.72. The third-order valence-corrected chi connectivity index (χ3v) is 5.47. The largest absolute Gasteiger partial charge is 0.507 e. The summed E-state index contributed by atoms with van der Waals surface area (Å²) < 4.78 is 17.0. The molecule has 0 fully saturated rings. The number of esters is 1. The van der Waals surface area contributed by atoms with Gasteiger partial charge in [-0.05, 0) is 75.7 Å². The van der Waals surface area contributed by atoms with Crippen molar-refractivity contribution in [3.63, 3.8) is 0 Å². The number of aryl methyl sites for hydroxylation is 1. The van der Waals surface area contributed by atoms with Crippen LogP contribution in [-0.2, 0) is 11.3 Å². The summed E-state index contributed by atoms with van der Waals surface area (Å²) in [4.78, 5) is 27.5. The standard InChI is InChI=1S/C27H33NO6/c1-5-14-28(15-6-2)17-22-23(29)13-12-21-24(30)25(18(4)33-26(21)22)34-20-10-8-19(9-11-20)27(31)32-16-7-3/h8-13,29H,5-7,14-17H2,1-4H3. The fraction of sp³-hybridized carbons (Fsp3) is 0.407. The van der Waals surface area contributed by atoms with Crippen LogP contribution in [-0.4, -0.2) is 35.7 Å². The highest BCUT2D eigenvalue weighted by atomic mass is 16.5. The van der Waals surface area contributed by atoms with Crippen LogP contribution in [0.4, 0.5) is 0 Å². The zero-order valence-electron chi connectivity index (χ0n) is 20.3. The van der Waals surface area contributed by atoms with Gasteiger partial charge in [-0.2, -0.15) is 0 Å². The zero-order chi connectivity index (χ0) is 24.7. The number of hydrogen-bond acceptors (Lipinski definition) is 7. The summed E-state index contributed by atoms with van der Waals surface area (Å²) in [5, 5.41) is 10.9. The van der Waals surface area contributed by atoms with Crippen molar-refractivity contribution >= 4 is 16.9 Å². The number of benzene rings is 2. The number of phenols is 1. The molecule has 1 heterocycles. The summed E-state index contributed by atoms with van der Waals surface area (Å²) in [6, 6.07) is 9.50. The molecule has 0 spiro atoms. The van der Waals surface area contributed by atoms with Gasteiger partial charge in [-0.1, -0.05) is 20.8 Å². The number of nitrogens with zero attached hydrogens (tertiary/aromatic N) is 1. The van der Waals surface area contributed by atoms with Gasteiger partial charge in [-0.25, -0.2) is 4.79 Å². The molecule has 0 aliphatic carbocycles. The van der Waals surface area contributed by atoms with Crippen molar-refractivity contribution in [1.29, 1.82) is 0 Å². The first kappa shape index (κ1) is 25.3. The fourth-order valence-corrected chi connectivity index (χ4v) is 3.85. The topological polar surface area (TPSA) is 89.2 Å². The maximum Gasteiger partial charge on any atom is 0.338 e. The van der Waals surface area contributed by atoms with Crippen LogP contribution >= 0.6 is 0 Å². The molecule has 1 N–H and O–H groups in total. The average molecular weight is 468 g/mol. The van der Waals surface area contributed by atoms with Crippen LogP contribution in [0.1, 0.15) is 61.7 Å². The normalized spacial score (nSPS) is 11.2. The van der Waals surface area contributed by atoms with Crippen LogP contribution in [0, 0.1) is 6.92 Å². The molecule has 0 aliphatic rings. The first-order valence-corrected chi connectivity index (χ1v) is 11.8. The molecule has 0 saturated heterocycles. The Bertz CT molecular complexity index is 1180. The van der Waals surface area contributed by atoms with E-state index in [1.807, 2.05) is 6.92 Å². The summed E-state index contributed by atoms with van der Waals surface area (Å²) in [5.74, 6) is 0.490. The van der Waals surface area contributed by atoms with Crippen molar-refractivity contribution in [3.8, 4) is 17.2 Å². The lowest BCUT2D eigenvalue weighted by atomic mass is 10.1. The number of fused-ring (bicyclic) bond motifs is 1. The Kier molecular flexibility index (Phi) is 8.71. The van der Waals surface area contributed by atoms with E-state index in [-0.39, 0.29) is 16.9 Å². The molecule has 1 aromatic heterocycles. The Labute approximate surface area is 199 Å². The van der Waals surface area contributed by atoms with E-state index in [2.05, 4.69) is 18.7 Å². The van der Waals surface area contributed by atoms with Gasteiger partial charge in [0, 0.05) is 6.54 Å². The fourth-order valence-electron chi connectivity index (χ4n) is 3.85. The first-order chi connectivity index (χ1) is 16.4. The molecule has 0 saturated carbocycles. The van der Waals surface area contributed by atoms with Gasteiger partial charge in [0.25, 0.3) is 0 Å². The second-order valence-electron chi connectivity index (χ2n) is 8.29. The van der Waals surface area contributed by atoms with Crippen molar-refractivity contribution < 1.29 is 23.8 Å². The molecule has 0 atom stereocenters. The maximum atomic E-state index is 13.3. The lowest BCUT2D eigenvalue weighted by Crippen LogP contribution is -2.25. The minimum atomic E-state index is -0.401. The van der Waals surface area contributed by atoms with E-state index in [0.29, 0.717) is 46.8 Å². The van der Waals surface area contributed by atoms with E-state index in [0.717, 1.165) is 32.4 Å². The number of hydrogen-bond donors (Lipinski definition) is 1. The molecule has 7 nitrogen and oxygen atoms in total. The Morgan fingerprint density at radius 2 is 1.68 bits per heavy atom. The summed E-state index contributed by atoms with van der Waals surface area (Å²) in [5.41, 5.74) is 1.07. The molecule has 7 heteroatoms. The first-order valence-electron chi connectivity index (χ1n) is 11.8. The average Bonchev–Trinajstić information content (AvgIpc) is 2.82. The molecule has 2 aromatic carbocycles. The number of ether oxygens (including phenoxy) is 2. The van der Waals surface area contributed by atoms with E-state index < -0.39 is 5.97 Å². The molecule has 0 amide bonds. The van der Waals surface area contributed by atoms with Crippen LogP contribution < -0.4 is 10.2 Å². The molecular formula is C27H33NO6. The predicted molar refractivity (Wildman–Crippen MR) is 132 cm³/mol. The van der Waals surface area contributed by atoms with Gasteiger partial charge >= 0.3 is 5.97 Å². The smallest absolute Gasteiger partial charge is 0.338 e. The van der Waals surface area contributed by atoms with Crippen LogP contribution in [0.2, 0.25) is 0 Å². The molecular weight excluding hydrogens is 434 g/mol. The molecule has 3 rings (SSSR count). The molecule has 0 radical (unpaired) electrons. The second kappa shape index (κ2) is 11.7. The van der Waals surface area contributed by atoms with Crippen molar-refractivity contribution in [2.24, 2.45) is 0 Å². The third-order valence-electron chi connectivity index (χ3n) is 5.47. The Morgan fingerprint density at radius 1 is 1.00 bits per heavy atom. The van der Waals surface area contributed by atoms with Gasteiger partial charge < -0.3 is 19.0 Å². The quantitative estimate of drug-likeness (QED) is 0.357. The van der Waals surface area contributed by atoms with Crippen molar-refractivity contribution in [2.75, 3.05) is 19.7 Å². The third kappa shape index (κ3) is 5.78. The van der Waals surface area contributed by atoms with E-state index >= 15 is 0 Å². The van der Waals surface area contributed by atoms with Crippen molar-refractivity contribution in [2.45, 2.75) is 53.5 Å². The number of aromatic hydroxyl groups is 1. The van der Waals surface area contributed by atoms with Gasteiger partial charge in [0.05, 0.1) is 23.1 Å². The van der Waals surface area contributed by atoms with Crippen LogP contribution in [0.5, 0.6) is 17.2 Å². The minimum Gasteiger partial charge on any atom is -0.507 e. The SMILES string of the molecule is CCCOC(=O)c1ccc(Oc2c(C)oc3c(CN(CCC)CCC)c(O)ccc3c2=O)cc1. The monoisotopic (exact) mass is 467 g/mol. The minimum absolute atomic E-state index is 0.0735. The van der Waals surface area contributed by atoms with E-state index in [9.17, 15) is 14.7 Å².